The van der Waals surface area contributed by atoms with Crippen LogP contribution in [-0.4, -0.2) is 10.2 Å². The van der Waals surface area contributed by atoms with E-state index in [1.807, 2.05) is 33.9 Å². The van der Waals surface area contributed by atoms with Crippen molar-refractivity contribution < 1.29 is 4.42 Å². The van der Waals surface area contributed by atoms with Gasteiger partial charge in [0.15, 0.2) is 0 Å². The summed E-state index contributed by atoms with van der Waals surface area (Å²) < 4.78 is 6.06. The zero-order valence-electron chi connectivity index (χ0n) is 8.70. The third kappa shape index (κ3) is 2.02. The fourth-order valence-corrected chi connectivity index (χ4v) is 3.57. The van der Waals surface area contributed by atoms with E-state index in [0.29, 0.717) is 9.79 Å². The van der Waals surface area contributed by atoms with Crippen LogP contribution in [0.4, 0.5) is 0 Å². The molecule has 0 radical (unpaired) electrons. The molecule has 1 aliphatic rings. The van der Waals surface area contributed by atoms with Gasteiger partial charge in [0.25, 0.3) is 9.79 Å². The number of aryl methyl sites for hydroxylation is 2. The predicted molar refractivity (Wildman–Crippen MR) is 71.6 cm³/mol. The highest BCUT2D eigenvalue weighted by atomic mass is 127. The SMILES string of the molecule is Ic1nnc(-c2cc3c(s2)CCCCC3)o1. The number of rotatable bonds is 1. The number of fused-ring (bicyclic) bond motifs is 1. The molecule has 3 nitrogen and oxygen atoms in total. The molecule has 0 atom stereocenters. The Morgan fingerprint density at radius 1 is 1.19 bits per heavy atom. The Morgan fingerprint density at radius 2 is 2.06 bits per heavy atom. The lowest BCUT2D eigenvalue weighted by Gasteiger charge is -1.92. The van der Waals surface area contributed by atoms with E-state index in [0.717, 1.165) is 4.88 Å². The minimum Gasteiger partial charge on any atom is -0.411 e. The zero-order chi connectivity index (χ0) is 11.0. The molecule has 0 unspecified atom stereocenters. The summed E-state index contributed by atoms with van der Waals surface area (Å²) in [6.45, 7) is 0. The van der Waals surface area contributed by atoms with Crippen LogP contribution in [0.25, 0.3) is 10.8 Å². The molecule has 0 fully saturated rings. The maximum atomic E-state index is 5.45. The normalized spacial score (nSPS) is 15.8. The van der Waals surface area contributed by atoms with Gasteiger partial charge in [0.2, 0.25) is 0 Å². The summed E-state index contributed by atoms with van der Waals surface area (Å²) >= 11 is 3.86. The summed E-state index contributed by atoms with van der Waals surface area (Å²) in [5.41, 5.74) is 1.49. The molecule has 1 aliphatic carbocycles. The lowest BCUT2D eigenvalue weighted by molar-refractivity contribution is 0.538. The van der Waals surface area contributed by atoms with Crippen molar-refractivity contribution in [2.75, 3.05) is 0 Å². The quantitative estimate of drug-likeness (QED) is 0.584. The smallest absolute Gasteiger partial charge is 0.278 e. The predicted octanol–water partition coefficient (Wildman–Crippen LogP) is 3.67. The van der Waals surface area contributed by atoms with Crippen molar-refractivity contribution in [1.29, 1.82) is 0 Å². The molecule has 0 aliphatic heterocycles. The Kier molecular flexibility index (Phi) is 2.97. The molecule has 0 saturated heterocycles. The van der Waals surface area contributed by atoms with Crippen LogP contribution < -0.4 is 0 Å². The summed E-state index contributed by atoms with van der Waals surface area (Å²) in [4.78, 5) is 2.64. The lowest BCUT2D eigenvalue weighted by atomic mass is 10.1. The molecule has 84 valence electrons. The standard InChI is InChI=1S/C11H11IN2OS/c12-11-14-13-10(15-11)9-6-7-4-2-1-3-5-8(7)16-9/h6H,1-5H2. The van der Waals surface area contributed by atoms with Gasteiger partial charge in [-0.1, -0.05) is 6.42 Å². The van der Waals surface area contributed by atoms with Gasteiger partial charge in [0.1, 0.15) is 0 Å². The van der Waals surface area contributed by atoms with Gasteiger partial charge in [-0.3, -0.25) is 0 Å². The minimum atomic E-state index is 0.608. The van der Waals surface area contributed by atoms with Crippen molar-refractivity contribution in [3.8, 4) is 10.8 Å². The van der Waals surface area contributed by atoms with Crippen molar-refractivity contribution >= 4 is 33.9 Å². The average molecular weight is 346 g/mol. The Labute approximate surface area is 111 Å². The van der Waals surface area contributed by atoms with E-state index < -0.39 is 0 Å². The molecule has 16 heavy (non-hydrogen) atoms. The minimum absolute atomic E-state index is 0.608. The van der Waals surface area contributed by atoms with Gasteiger partial charge in [-0.2, -0.15) is 0 Å². The third-order valence-corrected chi connectivity index (χ3v) is 4.52. The number of aromatic nitrogens is 2. The maximum absolute atomic E-state index is 5.45. The number of hydrogen-bond acceptors (Lipinski definition) is 4. The Morgan fingerprint density at radius 3 is 2.88 bits per heavy atom. The average Bonchev–Trinajstić information content (AvgIpc) is 2.81. The molecular formula is C11H11IN2OS. The van der Waals surface area contributed by atoms with Crippen LogP contribution >= 0.6 is 33.9 Å². The van der Waals surface area contributed by atoms with E-state index in [9.17, 15) is 0 Å². The van der Waals surface area contributed by atoms with Crippen molar-refractivity contribution in [2.24, 2.45) is 0 Å². The van der Waals surface area contributed by atoms with Crippen LogP contribution in [0.5, 0.6) is 0 Å². The molecule has 0 N–H and O–H groups in total. The van der Waals surface area contributed by atoms with E-state index >= 15 is 0 Å². The van der Waals surface area contributed by atoms with Gasteiger partial charge in [-0.25, -0.2) is 0 Å². The molecule has 0 bridgehead atoms. The van der Waals surface area contributed by atoms with Crippen LogP contribution in [0.1, 0.15) is 29.7 Å². The Balaban J connectivity index is 1.98. The lowest BCUT2D eigenvalue weighted by Crippen LogP contribution is -1.80. The van der Waals surface area contributed by atoms with E-state index in [-0.39, 0.29) is 0 Å². The van der Waals surface area contributed by atoms with Gasteiger partial charge in [0, 0.05) is 27.5 Å². The van der Waals surface area contributed by atoms with Crippen LogP contribution in [0.2, 0.25) is 0 Å². The molecule has 0 spiro atoms. The molecule has 2 aromatic heterocycles. The van der Waals surface area contributed by atoms with Gasteiger partial charge in [0.05, 0.1) is 4.88 Å². The van der Waals surface area contributed by atoms with E-state index in [4.69, 9.17) is 4.42 Å². The molecule has 5 heteroatoms. The fourth-order valence-electron chi connectivity index (χ4n) is 2.08. The van der Waals surface area contributed by atoms with Gasteiger partial charge in [-0.15, -0.1) is 21.5 Å². The first-order chi connectivity index (χ1) is 7.83. The summed E-state index contributed by atoms with van der Waals surface area (Å²) in [7, 11) is 0. The molecule has 0 amide bonds. The Bertz CT molecular complexity index is 482. The van der Waals surface area contributed by atoms with Crippen molar-refractivity contribution in [2.45, 2.75) is 32.1 Å². The second-order valence-electron chi connectivity index (χ2n) is 3.98. The van der Waals surface area contributed by atoms with Crippen molar-refractivity contribution in [3.63, 3.8) is 0 Å². The van der Waals surface area contributed by atoms with Gasteiger partial charge in [-0.05, 0) is 37.3 Å². The van der Waals surface area contributed by atoms with Gasteiger partial charge < -0.3 is 4.42 Å². The Hall–Kier alpha value is -0.430. The van der Waals surface area contributed by atoms with Crippen LogP contribution in [-0.2, 0) is 12.8 Å². The first-order valence-electron chi connectivity index (χ1n) is 5.44. The number of thiophene rings is 1. The highest BCUT2D eigenvalue weighted by Gasteiger charge is 2.16. The molecule has 2 aromatic rings. The molecule has 2 heterocycles. The van der Waals surface area contributed by atoms with Gasteiger partial charge >= 0.3 is 0 Å². The maximum Gasteiger partial charge on any atom is 0.278 e. The summed E-state index contributed by atoms with van der Waals surface area (Å²) in [5, 5.41) is 7.93. The zero-order valence-corrected chi connectivity index (χ0v) is 11.7. The second-order valence-corrected chi connectivity index (χ2v) is 6.04. The van der Waals surface area contributed by atoms with E-state index in [2.05, 4.69) is 16.3 Å². The molecular weight excluding hydrogens is 335 g/mol. The monoisotopic (exact) mass is 346 g/mol. The molecule has 3 rings (SSSR count). The fraction of sp³-hybridized carbons (Fsp3) is 0.455. The van der Waals surface area contributed by atoms with E-state index in [1.165, 1.54) is 42.5 Å². The molecule has 0 saturated carbocycles. The topological polar surface area (TPSA) is 38.9 Å². The highest BCUT2D eigenvalue weighted by molar-refractivity contribution is 14.1. The van der Waals surface area contributed by atoms with Crippen LogP contribution in [0, 0.1) is 3.90 Å². The number of halogens is 1. The summed E-state index contributed by atoms with van der Waals surface area (Å²) in [6, 6.07) is 2.23. The van der Waals surface area contributed by atoms with Crippen molar-refractivity contribution in [1.82, 2.24) is 10.2 Å². The largest absolute Gasteiger partial charge is 0.411 e. The number of nitrogens with zero attached hydrogens (tertiary/aromatic N) is 2. The summed E-state index contributed by atoms with van der Waals surface area (Å²) in [6.07, 6.45) is 6.40. The van der Waals surface area contributed by atoms with Crippen LogP contribution in [0.3, 0.4) is 0 Å². The first-order valence-corrected chi connectivity index (χ1v) is 7.33. The summed E-state index contributed by atoms with van der Waals surface area (Å²) in [5.74, 6) is 0.669. The molecule has 0 aromatic carbocycles. The van der Waals surface area contributed by atoms with Crippen LogP contribution in [0.15, 0.2) is 10.5 Å². The van der Waals surface area contributed by atoms with E-state index in [1.54, 1.807) is 0 Å². The number of hydrogen-bond donors (Lipinski definition) is 0. The second kappa shape index (κ2) is 4.44. The van der Waals surface area contributed by atoms with Crippen molar-refractivity contribution in [3.05, 3.63) is 20.4 Å². The highest BCUT2D eigenvalue weighted by Crippen LogP contribution is 2.34. The first kappa shape index (κ1) is 10.7. The third-order valence-electron chi connectivity index (χ3n) is 2.86.